The summed E-state index contributed by atoms with van der Waals surface area (Å²) in [7, 11) is 0. The highest BCUT2D eigenvalue weighted by molar-refractivity contribution is 7.26. The van der Waals surface area contributed by atoms with Gasteiger partial charge in [0, 0.05) is 65.1 Å². The van der Waals surface area contributed by atoms with Gasteiger partial charge in [0.05, 0.1) is 0 Å². The molecule has 0 unspecified atom stereocenters. The minimum atomic E-state index is 0.868. The third kappa shape index (κ3) is 6.42. The molecule has 0 atom stereocenters. The van der Waals surface area contributed by atoms with Crippen molar-refractivity contribution >= 4 is 109 Å². The van der Waals surface area contributed by atoms with E-state index in [1.54, 1.807) is 0 Å². The van der Waals surface area contributed by atoms with Crippen LogP contribution in [-0.2, 0) is 0 Å². The van der Waals surface area contributed by atoms with Crippen LogP contribution in [0.15, 0.2) is 247 Å². The minimum absolute atomic E-state index is 0.868. The molecule has 3 nitrogen and oxygen atoms in total. The van der Waals surface area contributed by atoms with Crippen LogP contribution >= 0.6 is 11.3 Å². The van der Waals surface area contributed by atoms with E-state index in [-0.39, 0.29) is 0 Å². The number of nitrogens with zero attached hydrogens (tertiary/aromatic N) is 2. The van der Waals surface area contributed by atoms with Crippen molar-refractivity contribution < 1.29 is 4.42 Å². The van der Waals surface area contributed by atoms with Gasteiger partial charge in [-0.2, -0.15) is 0 Å². The molecule has 13 rings (SSSR count). The van der Waals surface area contributed by atoms with E-state index in [1.807, 2.05) is 23.5 Å². The molecule has 2 heterocycles. The highest BCUT2D eigenvalue weighted by atomic mass is 32.1. The molecule has 66 heavy (non-hydrogen) atoms. The van der Waals surface area contributed by atoms with Crippen LogP contribution in [-0.4, -0.2) is 0 Å². The number of hydrogen-bond acceptors (Lipinski definition) is 4. The molecule has 0 aliphatic rings. The lowest BCUT2D eigenvalue weighted by Gasteiger charge is -2.30. The van der Waals surface area contributed by atoms with E-state index in [0.717, 1.165) is 61.6 Å². The molecule has 0 amide bonds. The van der Waals surface area contributed by atoms with E-state index in [1.165, 1.54) is 58.4 Å². The molecule has 11 aromatic carbocycles. The normalized spacial score (nSPS) is 11.6. The minimum Gasteiger partial charge on any atom is -0.456 e. The molecule has 0 N–H and O–H groups in total. The molecule has 4 heteroatoms. The third-order valence-electron chi connectivity index (χ3n) is 13.0. The lowest BCUT2D eigenvalue weighted by molar-refractivity contribution is 0.669. The highest BCUT2D eigenvalue weighted by Crippen LogP contribution is 2.47. The molecular weight excluding hydrogens is 821 g/mol. The van der Waals surface area contributed by atoms with Gasteiger partial charge in [-0.05, 0) is 135 Å². The van der Waals surface area contributed by atoms with E-state index >= 15 is 0 Å². The lowest BCUT2D eigenvalue weighted by Crippen LogP contribution is -2.13. The van der Waals surface area contributed by atoms with Crippen LogP contribution in [0, 0.1) is 0 Å². The van der Waals surface area contributed by atoms with E-state index in [0.29, 0.717) is 0 Å². The summed E-state index contributed by atoms with van der Waals surface area (Å²) in [5, 5.41) is 9.69. The molecule has 0 saturated carbocycles. The zero-order valence-corrected chi connectivity index (χ0v) is 36.6. The maximum atomic E-state index is 6.35. The summed E-state index contributed by atoms with van der Waals surface area (Å²) in [6.45, 7) is 0. The number of fused-ring (bicyclic) bond motifs is 9. The Labute approximate surface area is 386 Å². The fraction of sp³-hybridized carbons (Fsp3) is 0. The Bertz CT molecular complexity index is 3950. The van der Waals surface area contributed by atoms with Gasteiger partial charge in [0.15, 0.2) is 0 Å². The second-order valence-corrected chi connectivity index (χ2v) is 17.9. The van der Waals surface area contributed by atoms with Gasteiger partial charge in [-0.25, -0.2) is 0 Å². The molecule has 13 aromatic rings. The Morgan fingerprint density at radius 3 is 1.61 bits per heavy atom. The number of para-hydroxylation sites is 3. The van der Waals surface area contributed by atoms with Crippen LogP contribution in [0.4, 0.5) is 34.1 Å². The molecular formula is C62H40N2OS. The third-order valence-corrected chi connectivity index (χ3v) is 14.2. The van der Waals surface area contributed by atoms with Crippen LogP contribution in [0.25, 0.3) is 85.9 Å². The first kappa shape index (κ1) is 38.1. The van der Waals surface area contributed by atoms with Crippen molar-refractivity contribution in [3.8, 4) is 22.3 Å². The summed E-state index contributed by atoms with van der Waals surface area (Å²) < 4.78 is 8.97. The number of thiophene rings is 1. The maximum Gasteiger partial charge on any atom is 0.135 e. The first-order valence-corrected chi connectivity index (χ1v) is 23.2. The lowest BCUT2D eigenvalue weighted by atomic mass is 9.92. The van der Waals surface area contributed by atoms with Crippen LogP contribution in [0.5, 0.6) is 0 Å². The Morgan fingerprint density at radius 1 is 0.288 bits per heavy atom. The fourth-order valence-electron chi connectivity index (χ4n) is 9.97. The van der Waals surface area contributed by atoms with Gasteiger partial charge < -0.3 is 14.2 Å². The summed E-state index contributed by atoms with van der Waals surface area (Å²) in [5.74, 6) is 0. The average Bonchev–Trinajstić information content (AvgIpc) is 3.96. The first-order valence-electron chi connectivity index (χ1n) is 22.4. The number of rotatable bonds is 8. The summed E-state index contributed by atoms with van der Waals surface area (Å²) >= 11 is 1.87. The van der Waals surface area contributed by atoms with Crippen LogP contribution in [0.2, 0.25) is 0 Å². The van der Waals surface area contributed by atoms with E-state index in [9.17, 15) is 0 Å². The SMILES string of the molecule is c1ccc(N(c2ccc(-c3cccc4c3sc3ccccc34)cc2)c2cc(-c3cc4ccccc4c4ccccc34)cc(N(c3ccccc3)c3ccc4oc5ccccc5c4c3)c2)cc1. The van der Waals surface area contributed by atoms with E-state index in [4.69, 9.17) is 4.42 Å². The zero-order valence-electron chi connectivity index (χ0n) is 35.8. The summed E-state index contributed by atoms with van der Waals surface area (Å²) in [6.07, 6.45) is 0. The Kier molecular flexibility index (Phi) is 9.03. The van der Waals surface area contributed by atoms with Crippen LogP contribution < -0.4 is 9.80 Å². The van der Waals surface area contributed by atoms with E-state index in [2.05, 4.69) is 240 Å². The van der Waals surface area contributed by atoms with Crippen molar-refractivity contribution in [3.05, 3.63) is 243 Å². The van der Waals surface area contributed by atoms with Crippen molar-refractivity contribution in [1.82, 2.24) is 0 Å². The summed E-state index contributed by atoms with van der Waals surface area (Å²) in [6, 6.07) is 87.9. The predicted molar refractivity (Wildman–Crippen MR) is 282 cm³/mol. The van der Waals surface area contributed by atoms with Gasteiger partial charge in [-0.15, -0.1) is 11.3 Å². The number of furan rings is 1. The summed E-state index contributed by atoms with van der Waals surface area (Å²) in [5.41, 5.74) is 12.8. The smallest absolute Gasteiger partial charge is 0.135 e. The monoisotopic (exact) mass is 860 g/mol. The standard InChI is InChI=1S/C62H40N2OS/c1-3-17-44(18-4-1)63(46-32-30-41(31-33-46)51-26-15-27-56-55-25-12-14-29-61(55)66-62(51)56)48-36-43(57-38-42-16-7-8-21-50(42)52-22-9-10-23-53(52)57)37-49(39-48)64(45-19-5-2-6-20-45)47-34-35-60-58(40-47)54-24-11-13-28-59(54)65-60/h1-40H. The Hall–Kier alpha value is -8.44. The topological polar surface area (TPSA) is 19.6 Å². The largest absolute Gasteiger partial charge is 0.456 e. The molecule has 0 spiro atoms. The van der Waals surface area contributed by atoms with Crippen molar-refractivity contribution in [2.24, 2.45) is 0 Å². The van der Waals surface area contributed by atoms with Gasteiger partial charge in [0.2, 0.25) is 0 Å². The second-order valence-electron chi connectivity index (χ2n) is 16.9. The average molecular weight is 861 g/mol. The Morgan fingerprint density at radius 2 is 0.848 bits per heavy atom. The number of benzene rings is 11. The molecule has 0 saturated heterocycles. The number of hydrogen-bond donors (Lipinski definition) is 0. The molecule has 0 bridgehead atoms. The zero-order chi connectivity index (χ0) is 43.6. The molecule has 2 aromatic heterocycles. The molecule has 310 valence electrons. The quantitative estimate of drug-likeness (QED) is 0.142. The molecule has 0 aliphatic carbocycles. The molecule has 0 radical (unpaired) electrons. The fourth-order valence-corrected chi connectivity index (χ4v) is 11.2. The van der Waals surface area contributed by atoms with Crippen LogP contribution in [0.1, 0.15) is 0 Å². The second kappa shape index (κ2) is 15.7. The van der Waals surface area contributed by atoms with Gasteiger partial charge in [-0.1, -0.05) is 152 Å². The van der Waals surface area contributed by atoms with Crippen molar-refractivity contribution in [2.45, 2.75) is 0 Å². The van der Waals surface area contributed by atoms with E-state index < -0.39 is 0 Å². The Balaban J connectivity index is 1.05. The van der Waals surface area contributed by atoms with Gasteiger partial charge in [0.1, 0.15) is 11.2 Å². The van der Waals surface area contributed by atoms with Crippen LogP contribution in [0.3, 0.4) is 0 Å². The first-order chi connectivity index (χ1) is 32.7. The molecule has 0 aliphatic heterocycles. The highest BCUT2D eigenvalue weighted by Gasteiger charge is 2.22. The van der Waals surface area contributed by atoms with Crippen molar-refractivity contribution in [3.63, 3.8) is 0 Å². The summed E-state index contributed by atoms with van der Waals surface area (Å²) in [4.78, 5) is 4.78. The van der Waals surface area contributed by atoms with Gasteiger partial charge >= 0.3 is 0 Å². The van der Waals surface area contributed by atoms with Crippen molar-refractivity contribution in [2.75, 3.05) is 9.80 Å². The molecule has 0 fully saturated rings. The predicted octanol–water partition coefficient (Wildman–Crippen LogP) is 18.5. The number of anilines is 6. The van der Waals surface area contributed by atoms with Crippen molar-refractivity contribution in [1.29, 1.82) is 0 Å². The maximum absolute atomic E-state index is 6.35. The van der Waals surface area contributed by atoms with Gasteiger partial charge in [0.25, 0.3) is 0 Å². The van der Waals surface area contributed by atoms with Gasteiger partial charge in [-0.3, -0.25) is 0 Å².